The van der Waals surface area contributed by atoms with Crippen molar-refractivity contribution in [3.8, 4) is 0 Å². The van der Waals surface area contributed by atoms with Crippen molar-refractivity contribution in [1.29, 1.82) is 0 Å². The Hall–Kier alpha value is -1.06. The van der Waals surface area contributed by atoms with Gasteiger partial charge in [-0.15, -0.1) is 12.4 Å². The molecule has 1 fully saturated rings. The van der Waals surface area contributed by atoms with Crippen LogP contribution in [0.2, 0.25) is 0 Å². The number of hydrogen-bond acceptors (Lipinski definition) is 2. The monoisotopic (exact) mass is 282 g/mol. The quantitative estimate of drug-likeness (QED) is 0.872. The van der Waals surface area contributed by atoms with E-state index in [1.165, 1.54) is 12.0 Å². The molecule has 0 saturated carbocycles. The summed E-state index contributed by atoms with van der Waals surface area (Å²) in [6.45, 7) is 4.28. The van der Waals surface area contributed by atoms with Crippen molar-refractivity contribution in [3.05, 3.63) is 29.8 Å². The third-order valence-electron chi connectivity index (χ3n) is 3.61. The van der Waals surface area contributed by atoms with Crippen molar-refractivity contribution in [1.82, 2.24) is 5.32 Å². The van der Waals surface area contributed by atoms with E-state index in [4.69, 9.17) is 0 Å². The lowest BCUT2D eigenvalue weighted by Crippen LogP contribution is -2.15. The summed E-state index contributed by atoms with van der Waals surface area (Å²) < 4.78 is 0. The Balaban J connectivity index is 0.00000180. The average molecular weight is 283 g/mol. The van der Waals surface area contributed by atoms with Gasteiger partial charge in [-0.05, 0) is 49.9 Å². The normalized spacial score (nSPS) is 17.8. The smallest absolute Gasteiger partial charge is 0.224 e. The van der Waals surface area contributed by atoms with Gasteiger partial charge in [0.15, 0.2) is 0 Å². The van der Waals surface area contributed by atoms with Crippen LogP contribution in [0, 0.1) is 5.92 Å². The number of nitrogens with one attached hydrogen (secondary N) is 2. The number of carbonyl (C=O) groups is 1. The molecule has 0 aromatic heterocycles. The molecule has 106 valence electrons. The zero-order valence-electron chi connectivity index (χ0n) is 11.4. The van der Waals surface area contributed by atoms with Crippen LogP contribution in [0.1, 0.15) is 31.7 Å². The standard InChI is InChI=1S/C15H22N2O.ClH/c1-2-13-5-3-4-6-14(13)17-15(18)8-7-12-9-10-16-11-12;/h3-6,12,16H,2,7-11H2,1H3,(H,17,18);1H. The first-order valence-corrected chi connectivity index (χ1v) is 6.88. The highest BCUT2D eigenvalue weighted by molar-refractivity contribution is 5.91. The van der Waals surface area contributed by atoms with Crippen LogP contribution in [0.15, 0.2) is 24.3 Å². The predicted molar refractivity (Wildman–Crippen MR) is 81.9 cm³/mol. The van der Waals surface area contributed by atoms with Gasteiger partial charge in [-0.2, -0.15) is 0 Å². The summed E-state index contributed by atoms with van der Waals surface area (Å²) >= 11 is 0. The highest BCUT2D eigenvalue weighted by atomic mass is 35.5. The second-order valence-corrected chi connectivity index (χ2v) is 4.96. The number of carbonyl (C=O) groups excluding carboxylic acids is 1. The number of halogens is 1. The van der Waals surface area contributed by atoms with Crippen LogP contribution in [-0.4, -0.2) is 19.0 Å². The summed E-state index contributed by atoms with van der Waals surface area (Å²) in [5.41, 5.74) is 2.17. The number of benzene rings is 1. The zero-order chi connectivity index (χ0) is 12.8. The fourth-order valence-electron chi connectivity index (χ4n) is 2.46. The van der Waals surface area contributed by atoms with E-state index in [0.717, 1.165) is 31.6 Å². The predicted octanol–water partition coefficient (Wildman–Crippen LogP) is 3.00. The SMILES string of the molecule is CCc1ccccc1NC(=O)CCC1CCNC1.Cl. The molecule has 1 amide bonds. The van der Waals surface area contributed by atoms with Gasteiger partial charge < -0.3 is 10.6 Å². The Morgan fingerprint density at radius 1 is 1.42 bits per heavy atom. The molecule has 3 nitrogen and oxygen atoms in total. The molecular weight excluding hydrogens is 260 g/mol. The van der Waals surface area contributed by atoms with Crippen molar-refractivity contribution < 1.29 is 4.79 Å². The van der Waals surface area contributed by atoms with Gasteiger partial charge in [0.2, 0.25) is 5.91 Å². The highest BCUT2D eigenvalue weighted by Crippen LogP contribution is 2.18. The first-order chi connectivity index (χ1) is 8.79. The molecule has 0 radical (unpaired) electrons. The number of rotatable bonds is 5. The molecule has 1 saturated heterocycles. The fourth-order valence-corrected chi connectivity index (χ4v) is 2.46. The van der Waals surface area contributed by atoms with Gasteiger partial charge in [0.05, 0.1) is 0 Å². The van der Waals surface area contributed by atoms with E-state index in [1.54, 1.807) is 0 Å². The van der Waals surface area contributed by atoms with Gasteiger partial charge in [-0.1, -0.05) is 25.1 Å². The summed E-state index contributed by atoms with van der Waals surface area (Å²) in [4.78, 5) is 11.9. The van der Waals surface area contributed by atoms with Gasteiger partial charge >= 0.3 is 0 Å². The first kappa shape index (κ1) is 16.0. The maximum atomic E-state index is 11.9. The Kier molecular flexibility index (Phi) is 6.89. The second kappa shape index (κ2) is 8.18. The molecule has 1 aliphatic heterocycles. The van der Waals surface area contributed by atoms with Crippen LogP contribution in [-0.2, 0) is 11.2 Å². The molecule has 1 aromatic carbocycles. The zero-order valence-corrected chi connectivity index (χ0v) is 12.3. The van der Waals surface area contributed by atoms with Gasteiger partial charge in [-0.25, -0.2) is 0 Å². The van der Waals surface area contributed by atoms with E-state index >= 15 is 0 Å². The first-order valence-electron chi connectivity index (χ1n) is 6.88. The summed E-state index contributed by atoms with van der Waals surface area (Å²) in [7, 11) is 0. The van der Waals surface area contributed by atoms with Crippen LogP contribution >= 0.6 is 12.4 Å². The molecule has 1 heterocycles. The number of amides is 1. The third-order valence-corrected chi connectivity index (χ3v) is 3.61. The van der Waals surface area contributed by atoms with E-state index < -0.39 is 0 Å². The topological polar surface area (TPSA) is 41.1 Å². The Bertz CT molecular complexity index is 403. The van der Waals surface area contributed by atoms with Crippen LogP contribution in [0.25, 0.3) is 0 Å². The lowest BCUT2D eigenvalue weighted by atomic mass is 10.0. The van der Waals surface area contributed by atoms with E-state index in [9.17, 15) is 4.79 Å². The molecule has 1 aromatic rings. The Labute approximate surface area is 121 Å². The second-order valence-electron chi connectivity index (χ2n) is 4.96. The minimum Gasteiger partial charge on any atom is -0.326 e. The minimum atomic E-state index is 0. The fraction of sp³-hybridized carbons (Fsp3) is 0.533. The molecular formula is C15H23ClN2O. The maximum absolute atomic E-state index is 11.9. The van der Waals surface area contributed by atoms with Crippen molar-refractivity contribution in [2.75, 3.05) is 18.4 Å². The molecule has 1 unspecified atom stereocenters. The molecule has 19 heavy (non-hydrogen) atoms. The maximum Gasteiger partial charge on any atom is 0.224 e. The lowest BCUT2D eigenvalue weighted by Gasteiger charge is -2.11. The van der Waals surface area contributed by atoms with E-state index in [0.29, 0.717) is 12.3 Å². The molecule has 1 aliphatic rings. The minimum absolute atomic E-state index is 0. The van der Waals surface area contributed by atoms with Crippen molar-refractivity contribution in [3.63, 3.8) is 0 Å². The Morgan fingerprint density at radius 3 is 2.89 bits per heavy atom. The lowest BCUT2D eigenvalue weighted by molar-refractivity contribution is -0.116. The van der Waals surface area contributed by atoms with Crippen LogP contribution in [0.5, 0.6) is 0 Å². The van der Waals surface area contributed by atoms with Crippen LogP contribution in [0.3, 0.4) is 0 Å². The van der Waals surface area contributed by atoms with Crippen molar-refractivity contribution in [2.24, 2.45) is 5.92 Å². The van der Waals surface area contributed by atoms with E-state index in [1.807, 2.05) is 18.2 Å². The molecule has 2 rings (SSSR count). The molecule has 0 bridgehead atoms. The van der Waals surface area contributed by atoms with Gasteiger partial charge in [0, 0.05) is 12.1 Å². The largest absolute Gasteiger partial charge is 0.326 e. The molecule has 0 aliphatic carbocycles. The number of aryl methyl sites for hydroxylation is 1. The van der Waals surface area contributed by atoms with Crippen molar-refractivity contribution >= 4 is 24.0 Å². The molecule has 0 spiro atoms. The summed E-state index contributed by atoms with van der Waals surface area (Å²) in [6.07, 6.45) is 3.78. The molecule has 2 N–H and O–H groups in total. The number of hydrogen-bond donors (Lipinski definition) is 2. The summed E-state index contributed by atoms with van der Waals surface area (Å²) in [6, 6.07) is 8.03. The number of para-hydroxylation sites is 1. The van der Waals surface area contributed by atoms with Crippen molar-refractivity contribution in [2.45, 2.75) is 32.6 Å². The number of anilines is 1. The van der Waals surface area contributed by atoms with E-state index in [-0.39, 0.29) is 18.3 Å². The van der Waals surface area contributed by atoms with Crippen LogP contribution in [0.4, 0.5) is 5.69 Å². The molecule has 4 heteroatoms. The highest BCUT2D eigenvalue weighted by Gasteiger charge is 2.15. The average Bonchev–Trinajstić information content (AvgIpc) is 2.90. The summed E-state index contributed by atoms with van der Waals surface area (Å²) in [5, 5.41) is 6.36. The van der Waals surface area contributed by atoms with Gasteiger partial charge in [-0.3, -0.25) is 4.79 Å². The Morgan fingerprint density at radius 2 is 2.21 bits per heavy atom. The van der Waals surface area contributed by atoms with Gasteiger partial charge in [0.25, 0.3) is 0 Å². The molecule has 1 atom stereocenters. The van der Waals surface area contributed by atoms with Crippen LogP contribution < -0.4 is 10.6 Å². The third kappa shape index (κ3) is 4.84. The summed E-state index contributed by atoms with van der Waals surface area (Å²) in [5.74, 6) is 0.819. The van der Waals surface area contributed by atoms with Gasteiger partial charge in [0.1, 0.15) is 0 Å². The van der Waals surface area contributed by atoms with E-state index in [2.05, 4.69) is 23.6 Å².